The van der Waals surface area contributed by atoms with Crippen molar-refractivity contribution in [3.63, 3.8) is 0 Å². The van der Waals surface area contributed by atoms with Crippen molar-refractivity contribution in [3.8, 4) is 0 Å². The highest BCUT2D eigenvalue weighted by atomic mass is 14.3. The minimum Gasteiger partial charge on any atom is -0.0998 e. The second-order valence-corrected chi connectivity index (χ2v) is 4.66. The van der Waals surface area contributed by atoms with Crippen LogP contribution in [0.2, 0.25) is 0 Å². The number of rotatable bonds is 3. The summed E-state index contributed by atoms with van der Waals surface area (Å²) < 4.78 is 0. The molecule has 1 atom stereocenters. The van der Waals surface area contributed by atoms with Gasteiger partial charge in [0.25, 0.3) is 0 Å². The van der Waals surface area contributed by atoms with E-state index < -0.39 is 0 Å². The van der Waals surface area contributed by atoms with E-state index in [1.54, 1.807) is 0 Å². The van der Waals surface area contributed by atoms with Gasteiger partial charge in [-0.25, -0.2) is 0 Å². The molecule has 1 aromatic carbocycles. The van der Waals surface area contributed by atoms with E-state index >= 15 is 0 Å². The molecule has 0 aliphatic rings. The van der Waals surface area contributed by atoms with Crippen molar-refractivity contribution in [1.82, 2.24) is 0 Å². The van der Waals surface area contributed by atoms with E-state index in [1.165, 1.54) is 11.1 Å². The Hall–Kier alpha value is -1.04. The van der Waals surface area contributed by atoms with Gasteiger partial charge >= 0.3 is 0 Å². The Morgan fingerprint density at radius 2 is 1.71 bits per heavy atom. The molecule has 1 aromatic rings. The summed E-state index contributed by atoms with van der Waals surface area (Å²) in [4.78, 5) is 0. The first-order valence-corrected chi connectivity index (χ1v) is 5.17. The molecular weight excluding hydrogens is 168 g/mol. The third-order valence-electron chi connectivity index (χ3n) is 3.34. The summed E-state index contributed by atoms with van der Waals surface area (Å²) in [5.41, 5.74) is 2.81. The summed E-state index contributed by atoms with van der Waals surface area (Å²) in [7, 11) is 0. The highest BCUT2D eigenvalue weighted by Crippen LogP contribution is 2.34. The van der Waals surface area contributed by atoms with Crippen molar-refractivity contribution in [2.75, 3.05) is 0 Å². The molecule has 14 heavy (non-hydrogen) atoms. The van der Waals surface area contributed by atoms with Crippen LogP contribution in [0, 0.1) is 5.92 Å². The van der Waals surface area contributed by atoms with Crippen LogP contribution in [-0.2, 0) is 5.41 Å². The fraction of sp³-hybridized carbons (Fsp3) is 0.429. The number of allylic oxidation sites excluding steroid dienone is 1. The maximum Gasteiger partial charge on any atom is -0.00410 e. The monoisotopic (exact) mass is 188 g/mol. The predicted octanol–water partition coefficient (Wildman–Crippen LogP) is 4.18. The van der Waals surface area contributed by atoms with E-state index in [0.29, 0.717) is 5.92 Å². The molecule has 0 bridgehead atoms. The molecule has 1 unspecified atom stereocenters. The summed E-state index contributed by atoms with van der Waals surface area (Å²) in [5, 5.41) is 0. The third kappa shape index (κ3) is 2.06. The van der Waals surface area contributed by atoms with Crippen molar-refractivity contribution in [3.05, 3.63) is 48.0 Å². The van der Waals surface area contributed by atoms with Gasteiger partial charge in [0.05, 0.1) is 0 Å². The van der Waals surface area contributed by atoms with Crippen LogP contribution in [0.5, 0.6) is 0 Å². The van der Waals surface area contributed by atoms with Crippen molar-refractivity contribution < 1.29 is 0 Å². The molecule has 0 aromatic heterocycles. The topological polar surface area (TPSA) is 0 Å². The Kier molecular flexibility index (Phi) is 3.15. The first-order chi connectivity index (χ1) is 6.46. The maximum absolute atomic E-state index is 4.05. The van der Waals surface area contributed by atoms with Gasteiger partial charge in [0.1, 0.15) is 0 Å². The van der Waals surface area contributed by atoms with E-state index in [2.05, 4.69) is 64.6 Å². The van der Waals surface area contributed by atoms with Crippen LogP contribution in [0.4, 0.5) is 0 Å². The largest absolute Gasteiger partial charge is 0.0998 e. The van der Waals surface area contributed by atoms with E-state index in [1.807, 2.05) is 0 Å². The van der Waals surface area contributed by atoms with Gasteiger partial charge in [0.15, 0.2) is 0 Å². The standard InChI is InChI=1S/C14H20/c1-11(2)12(3)14(4,5)13-9-7-6-8-10-13/h6-10,12H,1H2,2-5H3. The lowest BCUT2D eigenvalue weighted by Gasteiger charge is -2.33. The molecule has 0 saturated carbocycles. The van der Waals surface area contributed by atoms with E-state index in [0.717, 1.165) is 0 Å². The normalized spacial score (nSPS) is 13.7. The van der Waals surface area contributed by atoms with Crippen LogP contribution >= 0.6 is 0 Å². The maximum atomic E-state index is 4.05. The van der Waals surface area contributed by atoms with Gasteiger partial charge < -0.3 is 0 Å². The zero-order valence-electron chi connectivity index (χ0n) is 9.67. The Morgan fingerprint density at radius 1 is 1.21 bits per heavy atom. The molecule has 0 fully saturated rings. The van der Waals surface area contributed by atoms with Crippen molar-refractivity contribution >= 4 is 0 Å². The molecule has 0 radical (unpaired) electrons. The molecular formula is C14H20. The average molecular weight is 188 g/mol. The van der Waals surface area contributed by atoms with Crippen LogP contribution in [0.25, 0.3) is 0 Å². The van der Waals surface area contributed by atoms with Gasteiger partial charge in [-0.1, -0.05) is 63.3 Å². The van der Waals surface area contributed by atoms with E-state index in [-0.39, 0.29) is 5.41 Å². The molecule has 0 heteroatoms. The van der Waals surface area contributed by atoms with Crippen LogP contribution in [0.3, 0.4) is 0 Å². The second-order valence-electron chi connectivity index (χ2n) is 4.66. The quantitative estimate of drug-likeness (QED) is 0.624. The summed E-state index contributed by atoms with van der Waals surface area (Å²) >= 11 is 0. The molecule has 0 heterocycles. The Balaban J connectivity index is 3.02. The summed E-state index contributed by atoms with van der Waals surface area (Å²) in [6.45, 7) is 13.0. The van der Waals surface area contributed by atoms with E-state index in [4.69, 9.17) is 0 Å². The zero-order valence-corrected chi connectivity index (χ0v) is 9.67. The molecule has 0 amide bonds. The Labute approximate surface area is 87.7 Å². The highest BCUT2D eigenvalue weighted by Gasteiger charge is 2.27. The summed E-state index contributed by atoms with van der Waals surface area (Å²) in [6.07, 6.45) is 0. The molecule has 0 saturated heterocycles. The fourth-order valence-electron chi connectivity index (χ4n) is 1.73. The van der Waals surface area contributed by atoms with E-state index in [9.17, 15) is 0 Å². The van der Waals surface area contributed by atoms with Gasteiger partial charge in [-0.2, -0.15) is 0 Å². The first-order valence-electron chi connectivity index (χ1n) is 5.17. The van der Waals surface area contributed by atoms with Crippen LogP contribution in [0.1, 0.15) is 33.3 Å². The van der Waals surface area contributed by atoms with Gasteiger partial charge in [0, 0.05) is 0 Å². The molecule has 0 spiro atoms. The van der Waals surface area contributed by atoms with Crippen molar-refractivity contribution in [2.24, 2.45) is 5.92 Å². The molecule has 76 valence electrons. The number of hydrogen-bond donors (Lipinski definition) is 0. The molecule has 0 nitrogen and oxygen atoms in total. The molecule has 0 N–H and O–H groups in total. The molecule has 0 aliphatic carbocycles. The van der Waals surface area contributed by atoms with Crippen LogP contribution < -0.4 is 0 Å². The lowest BCUT2D eigenvalue weighted by atomic mass is 9.72. The Morgan fingerprint density at radius 3 is 2.14 bits per heavy atom. The SMILES string of the molecule is C=C(C)C(C)C(C)(C)c1ccccc1. The minimum absolute atomic E-state index is 0.174. The van der Waals surface area contributed by atoms with Gasteiger partial charge in [0.2, 0.25) is 0 Å². The first kappa shape index (κ1) is 11.0. The lowest BCUT2D eigenvalue weighted by molar-refractivity contribution is 0.392. The van der Waals surface area contributed by atoms with Crippen molar-refractivity contribution in [2.45, 2.75) is 33.1 Å². The molecule has 1 rings (SSSR count). The fourth-order valence-corrected chi connectivity index (χ4v) is 1.73. The second kappa shape index (κ2) is 4.00. The number of hydrogen-bond acceptors (Lipinski definition) is 0. The van der Waals surface area contributed by atoms with Gasteiger partial charge in [-0.15, -0.1) is 0 Å². The lowest BCUT2D eigenvalue weighted by Crippen LogP contribution is -2.27. The summed E-state index contributed by atoms with van der Waals surface area (Å²) in [5.74, 6) is 0.505. The van der Waals surface area contributed by atoms with Crippen molar-refractivity contribution in [1.29, 1.82) is 0 Å². The smallest absolute Gasteiger partial charge is 0.00410 e. The number of benzene rings is 1. The average Bonchev–Trinajstić information content (AvgIpc) is 2.18. The van der Waals surface area contributed by atoms with Gasteiger partial charge in [-0.05, 0) is 23.8 Å². The summed E-state index contributed by atoms with van der Waals surface area (Å²) in [6, 6.07) is 10.6. The predicted molar refractivity (Wildman–Crippen MR) is 63.4 cm³/mol. The Bertz CT molecular complexity index is 306. The zero-order chi connectivity index (χ0) is 10.8. The highest BCUT2D eigenvalue weighted by molar-refractivity contribution is 5.26. The molecule has 0 aliphatic heterocycles. The third-order valence-corrected chi connectivity index (χ3v) is 3.34. The minimum atomic E-state index is 0.174. The van der Waals surface area contributed by atoms with Crippen LogP contribution in [0.15, 0.2) is 42.5 Å². The van der Waals surface area contributed by atoms with Gasteiger partial charge in [-0.3, -0.25) is 0 Å². The van der Waals surface area contributed by atoms with Crippen LogP contribution in [-0.4, -0.2) is 0 Å².